The number of para-hydroxylation sites is 1. The van der Waals surface area contributed by atoms with Crippen LogP contribution in [0, 0.1) is 5.41 Å². The lowest BCUT2D eigenvalue weighted by Crippen LogP contribution is -2.38. The van der Waals surface area contributed by atoms with Gasteiger partial charge in [0.2, 0.25) is 4.34 Å². The Hall–Kier alpha value is -1.40. The number of rotatable bonds is 6. The van der Waals surface area contributed by atoms with Crippen molar-refractivity contribution in [1.29, 1.82) is 0 Å². The lowest BCUT2D eigenvalue weighted by Gasteiger charge is -2.39. The molecule has 1 aromatic heterocycles. The molecule has 0 bridgehead atoms. The Morgan fingerprint density at radius 3 is 2.40 bits per heavy atom. The zero-order valence-corrected chi connectivity index (χ0v) is 20.4. The number of nitrogens with zero attached hydrogens (tertiary/aromatic N) is 3. The monoisotopic (exact) mass is 492 g/mol. The highest BCUT2D eigenvalue weighted by atomic mass is 35.5. The fourth-order valence-corrected chi connectivity index (χ4v) is 7.11. The van der Waals surface area contributed by atoms with Crippen LogP contribution in [-0.2, 0) is 20.0 Å². The number of anilines is 2. The topological polar surface area (TPSA) is 99.7 Å². The first-order chi connectivity index (χ1) is 13.8. The number of sulfonamides is 2. The van der Waals surface area contributed by atoms with Gasteiger partial charge in [-0.1, -0.05) is 42.9 Å². The molecule has 1 aliphatic heterocycles. The third kappa shape index (κ3) is 4.75. The first-order valence-corrected chi connectivity index (χ1v) is 13.4. The van der Waals surface area contributed by atoms with Gasteiger partial charge in [0.15, 0.2) is 4.21 Å². The summed E-state index contributed by atoms with van der Waals surface area (Å²) in [6, 6.07) is 5.05. The van der Waals surface area contributed by atoms with E-state index in [9.17, 15) is 16.8 Å². The molecule has 0 atom stereocenters. The van der Waals surface area contributed by atoms with Crippen LogP contribution in [0.1, 0.15) is 26.7 Å². The molecule has 30 heavy (non-hydrogen) atoms. The van der Waals surface area contributed by atoms with E-state index in [2.05, 4.69) is 28.5 Å². The van der Waals surface area contributed by atoms with Crippen LogP contribution in [0.25, 0.3) is 0 Å². The molecule has 166 valence electrons. The van der Waals surface area contributed by atoms with Crippen molar-refractivity contribution in [2.24, 2.45) is 5.41 Å². The predicted molar refractivity (Wildman–Crippen MR) is 120 cm³/mol. The highest BCUT2D eigenvalue weighted by Crippen LogP contribution is 2.40. The van der Waals surface area contributed by atoms with Crippen molar-refractivity contribution in [3.05, 3.63) is 29.4 Å². The second-order valence-electron chi connectivity index (χ2n) is 8.13. The van der Waals surface area contributed by atoms with Gasteiger partial charge >= 0.3 is 0 Å². The van der Waals surface area contributed by atoms with E-state index in [0.717, 1.165) is 36.4 Å². The summed E-state index contributed by atoms with van der Waals surface area (Å²) < 4.78 is 53.4. The molecule has 12 heteroatoms. The predicted octanol–water partition coefficient (Wildman–Crippen LogP) is 3.47. The Bertz CT molecular complexity index is 1130. The Morgan fingerprint density at radius 1 is 1.17 bits per heavy atom. The van der Waals surface area contributed by atoms with Crippen LogP contribution >= 0.6 is 22.9 Å². The molecule has 0 saturated carbocycles. The lowest BCUT2D eigenvalue weighted by molar-refractivity contribution is 0.280. The first kappa shape index (κ1) is 23.3. The summed E-state index contributed by atoms with van der Waals surface area (Å²) in [7, 11) is -5.13. The van der Waals surface area contributed by atoms with E-state index in [-0.39, 0.29) is 14.0 Å². The van der Waals surface area contributed by atoms with Crippen LogP contribution in [0.3, 0.4) is 0 Å². The van der Waals surface area contributed by atoms with Crippen molar-refractivity contribution in [1.82, 2.24) is 9.29 Å². The van der Waals surface area contributed by atoms with Crippen LogP contribution in [0.4, 0.5) is 11.4 Å². The molecule has 1 saturated heterocycles. The molecule has 1 fully saturated rings. The molecular weight excluding hydrogens is 468 g/mol. The first-order valence-electron chi connectivity index (χ1n) is 9.28. The van der Waals surface area contributed by atoms with Gasteiger partial charge in [-0.2, -0.15) is 0 Å². The van der Waals surface area contributed by atoms with Gasteiger partial charge in [0.05, 0.1) is 22.6 Å². The smallest absolute Gasteiger partial charge is 0.273 e. The standard InChI is InChI=1S/C18H25ClN4O4S3/c1-18(2)8-10-23(11-9-18)16-13(19)6-5-7-14(16)21-29(24,25)15-12-20-17(28-15)30(26,27)22(3)4/h5-7,12,21H,8-11H2,1-4H3. The van der Waals surface area contributed by atoms with Crippen LogP contribution in [-0.4, -0.2) is 53.3 Å². The number of hydrogen-bond acceptors (Lipinski definition) is 7. The van der Waals surface area contributed by atoms with Gasteiger partial charge in [-0.3, -0.25) is 4.72 Å². The molecule has 1 N–H and O–H groups in total. The van der Waals surface area contributed by atoms with E-state index in [1.54, 1.807) is 18.2 Å². The van der Waals surface area contributed by atoms with Gasteiger partial charge in [0, 0.05) is 27.2 Å². The number of piperidine rings is 1. The van der Waals surface area contributed by atoms with Crippen LogP contribution in [0.2, 0.25) is 5.02 Å². The molecule has 0 spiro atoms. The average Bonchev–Trinajstić information content (AvgIpc) is 3.14. The second-order valence-corrected chi connectivity index (χ2v) is 13.8. The molecule has 2 aromatic rings. The number of aromatic nitrogens is 1. The van der Waals surface area contributed by atoms with Crippen molar-refractivity contribution in [3.63, 3.8) is 0 Å². The van der Waals surface area contributed by atoms with E-state index < -0.39 is 20.0 Å². The van der Waals surface area contributed by atoms with Crippen molar-refractivity contribution in [3.8, 4) is 0 Å². The van der Waals surface area contributed by atoms with Gasteiger partial charge in [-0.25, -0.2) is 26.1 Å². The van der Waals surface area contributed by atoms with E-state index in [1.807, 2.05) is 0 Å². The van der Waals surface area contributed by atoms with Crippen molar-refractivity contribution < 1.29 is 16.8 Å². The van der Waals surface area contributed by atoms with Gasteiger partial charge in [0.1, 0.15) is 0 Å². The second kappa shape index (κ2) is 8.27. The number of nitrogens with one attached hydrogen (secondary N) is 1. The van der Waals surface area contributed by atoms with Gasteiger partial charge < -0.3 is 4.90 Å². The molecule has 0 radical (unpaired) electrons. The number of benzene rings is 1. The maximum atomic E-state index is 13.0. The molecule has 3 rings (SSSR count). The SMILES string of the molecule is CN(C)S(=O)(=O)c1ncc(S(=O)(=O)Nc2cccc(Cl)c2N2CCC(C)(C)CC2)s1. The number of halogens is 1. The highest BCUT2D eigenvalue weighted by Gasteiger charge is 2.30. The Balaban J connectivity index is 1.92. The number of thiazole rings is 1. The minimum absolute atomic E-state index is 0.186. The van der Waals surface area contributed by atoms with Crippen LogP contribution in [0.15, 0.2) is 32.9 Å². The molecule has 2 heterocycles. The zero-order chi connectivity index (χ0) is 22.3. The van der Waals surface area contributed by atoms with Gasteiger partial charge in [0.25, 0.3) is 20.0 Å². The van der Waals surface area contributed by atoms with E-state index >= 15 is 0 Å². The van der Waals surface area contributed by atoms with E-state index in [1.165, 1.54) is 14.1 Å². The third-order valence-electron chi connectivity index (χ3n) is 5.09. The van der Waals surface area contributed by atoms with Crippen molar-refractivity contribution >= 4 is 54.4 Å². The molecule has 8 nitrogen and oxygen atoms in total. The van der Waals surface area contributed by atoms with Gasteiger partial charge in [-0.15, -0.1) is 0 Å². The minimum Gasteiger partial charge on any atom is -0.369 e. The summed E-state index contributed by atoms with van der Waals surface area (Å²) in [4.78, 5) is 5.88. The fraction of sp³-hybridized carbons (Fsp3) is 0.500. The molecular formula is C18H25ClN4O4S3. The van der Waals surface area contributed by atoms with Crippen LogP contribution < -0.4 is 9.62 Å². The maximum Gasteiger partial charge on any atom is 0.273 e. The molecule has 1 aliphatic rings. The molecule has 0 aliphatic carbocycles. The van der Waals surface area contributed by atoms with E-state index in [0.29, 0.717) is 27.7 Å². The summed E-state index contributed by atoms with van der Waals surface area (Å²) in [5.74, 6) is 0. The van der Waals surface area contributed by atoms with Crippen LogP contribution in [0.5, 0.6) is 0 Å². The zero-order valence-electron chi connectivity index (χ0n) is 17.2. The fourth-order valence-electron chi connectivity index (χ4n) is 3.09. The molecule has 1 aromatic carbocycles. The molecule has 0 amide bonds. The quantitative estimate of drug-likeness (QED) is 0.662. The minimum atomic E-state index is -4.04. The summed E-state index contributed by atoms with van der Waals surface area (Å²) in [5, 5.41) is 0.454. The van der Waals surface area contributed by atoms with Gasteiger partial charge in [-0.05, 0) is 30.4 Å². The summed E-state index contributed by atoms with van der Waals surface area (Å²) >= 11 is 7.04. The summed E-state index contributed by atoms with van der Waals surface area (Å²) in [5.41, 5.74) is 1.21. The molecule has 0 unspecified atom stereocenters. The Labute approximate surface area is 187 Å². The summed E-state index contributed by atoms with van der Waals surface area (Å²) in [6.45, 7) is 5.95. The largest absolute Gasteiger partial charge is 0.369 e. The Morgan fingerprint density at radius 2 is 1.80 bits per heavy atom. The third-order valence-corrected chi connectivity index (χ3v) is 10.4. The van der Waals surface area contributed by atoms with Crippen molar-refractivity contribution in [2.45, 2.75) is 35.2 Å². The van der Waals surface area contributed by atoms with Crippen molar-refractivity contribution in [2.75, 3.05) is 36.8 Å². The average molecular weight is 493 g/mol. The summed E-state index contributed by atoms with van der Waals surface area (Å²) in [6.07, 6.45) is 2.98. The Kier molecular flexibility index (Phi) is 6.41. The maximum absolute atomic E-state index is 13.0. The van der Waals surface area contributed by atoms with E-state index in [4.69, 9.17) is 11.6 Å². The normalized spacial score (nSPS) is 17.3. The lowest BCUT2D eigenvalue weighted by atomic mass is 9.82. The highest BCUT2D eigenvalue weighted by molar-refractivity contribution is 7.96. The number of hydrogen-bond donors (Lipinski definition) is 1.